The van der Waals surface area contributed by atoms with Crippen LogP contribution in [0, 0.1) is 5.92 Å². The lowest BCUT2D eigenvalue weighted by Gasteiger charge is -2.31. The first-order valence-corrected chi connectivity index (χ1v) is 6.60. The minimum Gasteiger partial charge on any atom is -0.314 e. The lowest BCUT2D eigenvalue weighted by Crippen LogP contribution is -2.43. The second-order valence-corrected chi connectivity index (χ2v) is 4.80. The summed E-state index contributed by atoms with van der Waals surface area (Å²) >= 11 is 0. The van der Waals surface area contributed by atoms with E-state index in [9.17, 15) is 0 Å². The maximum Gasteiger partial charge on any atom is 0.00817 e. The molecule has 0 aromatic rings. The van der Waals surface area contributed by atoms with E-state index in [0.717, 1.165) is 12.0 Å². The third-order valence-electron chi connectivity index (χ3n) is 3.59. The molecular weight excluding hydrogens is 170 g/mol. The Kier molecular flexibility index (Phi) is 6.25. The molecule has 0 amide bonds. The summed E-state index contributed by atoms with van der Waals surface area (Å²) in [6.45, 7) is 5.90. The first-order valence-electron chi connectivity index (χ1n) is 6.60. The van der Waals surface area contributed by atoms with Crippen LogP contribution in [0.1, 0.15) is 65.2 Å². The quantitative estimate of drug-likeness (QED) is 0.585. The Balaban J connectivity index is 1.99. The van der Waals surface area contributed by atoms with Crippen molar-refractivity contribution in [2.45, 2.75) is 71.3 Å². The maximum absolute atomic E-state index is 3.51. The molecule has 1 fully saturated rings. The Morgan fingerprint density at radius 3 is 2.50 bits per heavy atom. The summed E-state index contributed by atoms with van der Waals surface area (Å²) in [6.07, 6.45) is 11.4. The van der Waals surface area contributed by atoms with Gasteiger partial charge in [0.1, 0.15) is 0 Å². The van der Waals surface area contributed by atoms with Gasteiger partial charge in [0.15, 0.2) is 0 Å². The van der Waals surface area contributed by atoms with E-state index in [1.54, 1.807) is 0 Å². The van der Waals surface area contributed by atoms with E-state index in [2.05, 4.69) is 19.2 Å². The summed E-state index contributed by atoms with van der Waals surface area (Å²) in [7, 11) is 0. The van der Waals surface area contributed by atoms with Crippen LogP contribution < -0.4 is 5.32 Å². The largest absolute Gasteiger partial charge is 0.314 e. The Bertz CT molecular complexity index is 129. The van der Waals surface area contributed by atoms with Crippen molar-refractivity contribution in [3.63, 3.8) is 0 Å². The van der Waals surface area contributed by atoms with Crippen LogP contribution in [0.5, 0.6) is 0 Å². The van der Waals surface area contributed by atoms with E-state index in [1.165, 1.54) is 57.9 Å². The summed E-state index contributed by atoms with van der Waals surface area (Å²) in [6, 6.07) is 0.867. The molecule has 1 heterocycles. The predicted molar refractivity (Wildman–Crippen MR) is 63.6 cm³/mol. The van der Waals surface area contributed by atoms with Crippen LogP contribution in [0.25, 0.3) is 0 Å². The van der Waals surface area contributed by atoms with Crippen molar-refractivity contribution in [2.24, 2.45) is 5.92 Å². The molecule has 1 unspecified atom stereocenters. The van der Waals surface area contributed by atoms with Crippen molar-refractivity contribution in [3.8, 4) is 0 Å². The molecular formula is C13H27N. The average molecular weight is 197 g/mol. The van der Waals surface area contributed by atoms with Crippen LogP contribution in [-0.2, 0) is 0 Å². The molecule has 1 heteroatoms. The Hall–Kier alpha value is -0.0400. The molecule has 84 valence electrons. The van der Waals surface area contributed by atoms with Crippen LogP contribution >= 0.6 is 0 Å². The van der Waals surface area contributed by atoms with E-state index in [4.69, 9.17) is 0 Å². The molecule has 1 aliphatic rings. The fourth-order valence-electron chi connectivity index (χ4n) is 2.30. The summed E-state index contributed by atoms with van der Waals surface area (Å²) < 4.78 is 0. The summed E-state index contributed by atoms with van der Waals surface area (Å²) in [4.78, 5) is 0. The third kappa shape index (κ3) is 4.45. The van der Waals surface area contributed by atoms with Crippen molar-refractivity contribution in [1.82, 2.24) is 5.32 Å². The van der Waals surface area contributed by atoms with Crippen LogP contribution in [0.4, 0.5) is 0 Å². The van der Waals surface area contributed by atoms with Crippen molar-refractivity contribution in [2.75, 3.05) is 6.54 Å². The normalized spacial score (nSPS) is 23.1. The van der Waals surface area contributed by atoms with Gasteiger partial charge in [-0.05, 0) is 25.3 Å². The van der Waals surface area contributed by atoms with E-state index in [-0.39, 0.29) is 0 Å². The smallest absolute Gasteiger partial charge is 0.00817 e. The summed E-state index contributed by atoms with van der Waals surface area (Å²) in [5.74, 6) is 0.990. The molecule has 1 aliphatic heterocycles. The molecule has 14 heavy (non-hydrogen) atoms. The first-order chi connectivity index (χ1) is 6.86. The Morgan fingerprint density at radius 2 is 2.00 bits per heavy atom. The standard InChI is InChI=1S/C13H27N/c1-3-5-6-7-8-12(4-2)11-13-9-10-14-13/h12-14H,3-11H2,1-2H3/t12?,13-/m1/s1. The Morgan fingerprint density at radius 1 is 1.21 bits per heavy atom. The minimum absolute atomic E-state index is 0.867. The van der Waals surface area contributed by atoms with E-state index < -0.39 is 0 Å². The number of hydrogen-bond acceptors (Lipinski definition) is 1. The lowest BCUT2D eigenvalue weighted by atomic mass is 9.88. The molecule has 0 radical (unpaired) electrons. The molecule has 0 bridgehead atoms. The van der Waals surface area contributed by atoms with Gasteiger partial charge in [0.2, 0.25) is 0 Å². The second kappa shape index (κ2) is 7.28. The molecule has 0 aromatic carbocycles. The highest BCUT2D eigenvalue weighted by Crippen LogP contribution is 2.22. The van der Waals surface area contributed by atoms with Gasteiger partial charge in [-0.25, -0.2) is 0 Å². The molecule has 0 aromatic heterocycles. The fraction of sp³-hybridized carbons (Fsp3) is 1.00. The van der Waals surface area contributed by atoms with Gasteiger partial charge in [0.25, 0.3) is 0 Å². The van der Waals surface area contributed by atoms with Crippen LogP contribution in [-0.4, -0.2) is 12.6 Å². The maximum atomic E-state index is 3.51. The lowest BCUT2D eigenvalue weighted by molar-refractivity contribution is 0.279. The average Bonchev–Trinajstić information content (AvgIpc) is 2.14. The molecule has 0 aliphatic carbocycles. The summed E-state index contributed by atoms with van der Waals surface area (Å²) in [5, 5.41) is 3.51. The molecule has 0 spiro atoms. The highest BCUT2D eigenvalue weighted by Gasteiger charge is 2.19. The second-order valence-electron chi connectivity index (χ2n) is 4.80. The van der Waals surface area contributed by atoms with Crippen molar-refractivity contribution in [3.05, 3.63) is 0 Å². The molecule has 1 nitrogen and oxygen atoms in total. The Labute approximate surface area is 89.7 Å². The highest BCUT2D eigenvalue weighted by molar-refractivity contribution is 4.79. The van der Waals surface area contributed by atoms with Crippen LogP contribution in [0.2, 0.25) is 0 Å². The van der Waals surface area contributed by atoms with Gasteiger partial charge < -0.3 is 5.32 Å². The van der Waals surface area contributed by atoms with E-state index in [1.807, 2.05) is 0 Å². The number of rotatable bonds is 8. The molecule has 1 rings (SSSR count). The third-order valence-corrected chi connectivity index (χ3v) is 3.59. The molecule has 1 saturated heterocycles. The minimum atomic E-state index is 0.867. The number of hydrogen-bond donors (Lipinski definition) is 1. The van der Waals surface area contributed by atoms with Gasteiger partial charge in [0, 0.05) is 6.04 Å². The fourth-order valence-corrected chi connectivity index (χ4v) is 2.30. The van der Waals surface area contributed by atoms with E-state index >= 15 is 0 Å². The molecule has 0 saturated carbocycles. The molecule has 2 atom stereocenters. The van der Waals surface area contributed by atoms with Crippen molar-refractivity contribution < 1.29 is 0 Å². The van der Waals surface area contributed by atoms with Crippen molar-refractivity contribution in [1.29, 1.82) is 0 Å². The topological polar surface area (TPSA) is 12.0 Å². The van der Waals surface area contributed by atoms with Gasteiger partial charge in [-0.1, -0.05) is 52.4 Å². The van der Waals surface area contributed by atoms with Gasteiger partial charge in [-0.2, -0.15) is 0 Å². The monoisotopic (exact) mass is 197 g/mol. The zero-order valence-corrected chi connectivity index (χ0v) is 10.0. The van der Waals surface area contributed by atoms with Gasteiger partial charge in [-0.15, -0.1) is 0 Å². The van der Waals surface area contributed by atoms with Gasteiger partial charge in [-0.3, -0.25) is 0 Å². The van der Waals surface area contributed by atoms with Gasteiger partial charge in [0.05, 0.1) is 0 Å². The van der Waals surface area contributed by atoms with Gasteiger partial charge >= 0.3 is 0 Å². The van der Waals surface area contributed by atoms with Crippen LogP contribution in [0.15, 0.2) is 0 Å². The first kappa shape index (κ1) is 12.0. The van der Waals surface area contributed by atoms with E-state index in [0.29, 0.717) is 0 Å². The predicted octanol–water partition coefficient (Wildman–Crippen LogP) is 3.74. The molecule has 1 N–H and O–H groups in total. The zero-order valence-electron chi connectivity index (χ0n) is 10.0. The number of unbranched alkanes of at least 4 members (excludes halogenated alkanes) is 3. The van der Waals surface area contributed by atoms with Crippen LogP contribution in [0.3, 0.4) is 0 Å². The highest BCUT2D eigenvalue weighted by atomic mass is 15.0. The number of nitrogens with one attached hydrogen (secondary N) is 1. The SMILES string of the molecule is CCCCCCC(CC)C[C@H]1CCN1. The summed E-state index contributed by atoms with van der Waals surface area (Å²) in [5.41, 5.74) is 0. The van der Waals surface area contributed by atoms with Crippen molar-refractivity contribution >= 4 is 0 Å². The zero-order chi connectivity index (χ0) is 10.2.